The van der Waals surface area contributed by atoms with Crippen molar-refractivity contribution in [3.63, 3.8) is 0 Å². The smallest absolute Gasteiger partial charge is 0.338 e. The van der Waals surface area contributed by atoms with Crippen molar-refractivity contribution >= 4 is 35.4 Å². The molecule has 0 amide bonds. The Bertz CT molecular complexity index is 2330. The van der Waals surface area contributed by atoms with Gasteiger partial charge in [0.15, 0.2) is 11.6 Å². The number of rotatable bonds is 28. The molecule has 10 heteroatoms. The molecule has 0 fully saturated rings. The Morgan fingerprint density at radius 1 is 0.479 bits per heavy atom. The molecule has 4 aromatic carbocycles. The Morgan fingerprint density at radius 2 is 0.873 bits per heavy atom. The van der Waals surface area contributed by atoms with Crippen molar-refractivity contribution in [2.75, 3.05) is 13.2 Å². The first-order valence-electron chi connectivity index (χ1n) is 24.6. The second-order valence-corrected chi connectivity index (χ2v) is 18.3. The fraction of sp³-hybridized carbons (Fsp3) is 0.377. The minimum absolute atomic E-state index is 0.0663. The first-order valence-corrected chi connectivity index (χ1v) is 24.6. The van der Waals surface area contributed by atoms with Crippen LogP contribution in [0.15, 0.2) is 159 Å². The predicted molar refractivity (Wildman–Crippen MR) is 283 cm³/mol. The summed E-state index contributed by atoms with van der Waals surface area (Å²) in [4.78, 5) is 72.9. The van der Waals surface area contributed by atoms with Crippen molar-refractivity contribution < 1.29 is 47.7 Å². The summed E-state index contributed by atoms with van der Waals surface area (Å²) >= 11 is 0. The minimum Gasteiger partial charge on any atom is -0.465 e. The summed E-state index contributed by atoms with van der Waals surface area (Å²) in [6, 6.07) is 31.1. The van der Waals surface area contributed by atoms with Crippen LogP contribution < -0.4 is 9.47 Å². The maximum Gasteiger partial charge on any atom is 0.338 e. The van der Waals surface area contributed by atoms with Crippen LogP contribution in [-0.2, 0) is 28.7 Å². The lowest BCUT2D eigenvalue weighted by atomic mass is 9.76. The summed E-state index contributed by atoms with van der Waals surface area (Å²) in [6.45, 7) is 26.1. The van der Waals surface area contributed by atoms with Gasteiger partial charge in [-0.3, -0.25) is 19.2 Å². The maximum absolute atomic E-state index is 13.1. The molecule has 1 atom stereocenters. The number of ether oxygens (including phenoxy) is 4. The molecular formula is C61H76O10. The zero-order chi connectivity index (χ0) is 52.7. The highest BCUT2D eigenvalue weighted by Crippen LogP contribution is 2.36. The average molecular weight is 969 g/mol. The Labute approximate surface area is 423 Å². The zero-order valence-electron chi connectivity index (χ0n) is 43.1. The third-order valence-corrected chi connectivity index (χ3v) is 11.6. The van der Waals surface area contributed by atoms with Gasteiger partial charge in [-0.25, -0.2) is 9.59 Å². The predicted octanol–water partition coefficient (Wildman–Crippen LogP) is 14.4. The highest BCUT2D eigenvalue weighted by Gasteiger charge is 2.38. The molecule has 0 saturated heterocycles. The summed E-state index contributed by atoms with van der Waals surface area (Å²) in [5.74, 6) is -0.709. The van der Waals surface area contributed by atoms with Crippen LogP contribution in [0.5, 0.6) is 11.5 Å². The molecular weight excluding hydrogens is 893 g/mol. The van der Waals surface area contributed by atoms with E-state index in [1.165, 1.54) is 12.8 Å². The summed E-state index contributed by atoms with van der Waals surface area (Å²) < 4.78 is 21.2. The van der Waals surface area contributed by atoms with Crippen LogP contribution in [0.1, 0.15) is 157 Å². The first-order chi connectivity index (χ1) is 33.9. The fourth-order valence-corrected chi connectivity index (χ4v) is 6.54. The van der Waals surface area contributed by atoms with Gasteiger partial charge >= 0.3 is 23.9 Å². The normalized spacial score (nSPS) is 11.4. The SMILES string of the molecule is C=C(C)C(=O)Oc1ccc(C(=O)c2ccccc2)cc1.C=CCCCCCCOC(=O)C(=C)C.C=CCCCCCCOC(=O)C(C)(C)CCC(C)(CC)C(=O)Oc1ccc(C(=O)c2ccccc2)cc1. The van der Waals surface area contributed by atoms with Gasteiger partial charge < -0.3 is 18.9 Å². The van der Waals surface area contributed by atoms with Crippen LogP contribution in [-0.4, -0.2) is 48.7 Å². The molecule has 0 spiro atoms. The van der Waals surface area contributed by atoms with E-state index >= 15 is 0 Å². The van der Waals surface area contributed by atoms with E-state index in [1.54, 1.807) is 86.6 Å². The lowest BCUT2D eigenvalue weighted by Gasteiger charge is -2.30. The van der Waals surface area contributed by atoms with Crippen LogP contribution >= 0.6 is 0 Å². The molecule has 0 saturated carbocycles. The highest BCUT2D eigenvalue weighted by atomic mass is 16.5. The van der Waals surface area contributed by atoms with E-state index in [9.17, 15) is 28.8 Å². The van der Waals surface area contributed by atoms with Crippen LogP contribution in [0, 0.1) is 10.8 Å². The second-order valence-electron chi connectivity index (χ2n) is 18.3. The third kappa shape index (κ3) is 23.0. The number of ketones is 2. The Hall–Kier alpha value is -6.94. The number of esters is 4. The second kappa shape index (κ2) is 32.8. The highest BCUT2D eigenvalue weighted by molar-refractivity contribution is 6.09. The van der Waals surface area contributed by atoms with E-state index in [2.05, 4.69) is 26.3 Å². The Kier molecular flexibility index (Phi) is 27.8. The van der Waals surface area contributed by atoms with Gasteiger partial charge in [0.05, 0.1) is 24.0 Å². The lowest BCUT2D eigenvalue weighted by molar-refractivity contribution is -0.156. The number of hydrogen-bond donors (Lipinski definition) is 0. The number of benzene rings is 4. The number of carbonyl (C=O) groups is 6. The molecule has 4 aromatic rings. The average Bonchev–Trinajstić information content (AvgIpc) is 3.38. The van der Waals surface area contributed by atoms with E-state index in [0.29, 0.717) is 77.4 Å². The summed E-state index contributed by atoms with van der Waals surface area (Å²) in [6.07, 6.45) is 16.0. The van der Waals surface area contributed by atoms with E-state index in [0.717, 1.165) is 51.4 Å². The Balaban J connectivity index is 0.000000422. The fourth-order valence-electron chi connectivity index (χ4n) is 6.54. The van der Waals surface area contributed by atoms with Gasteiger partial charge in [-0.05, 0) is 141 Å². The summed E-state index contributed by atoms with van der Waals surface area (Å²) in [7, 11) is 0. The minimum atomic E-state index is -0.749. The molecule has 71 heavy (non-hydrogen) atoms. The van der Waals surface area contributed by atoms with Gasteiger partial charge in [-0.2, -0.15) is 0 Å². The van der Waals surface area contributed by atoms with Crippen molar-refractivity contribution in [1.29, 1.82) is 0 Å². The van der Waals surface area contributed by atoms with Gasteiger partial charge in [0.1, 0.15) is 11.5 Å². The van der Waals surface area contributed by atoms with Crippen molar-refractivity contribution in [3.8, 4) is 11.5 Å². The molecule has 0 radical (unpaired) electrons. The van der Waals surface area contributed by atoms with Crippen LogP contribution in [0.2, 0.25) is 0 Å². The van der Waals surface area contributed by atoms with Crippen molar-refractivity contribution in [2.24, 2.45) is 10.8 Å². The third-order valence-electron chi connectivity index (χ3n) is 11.6. The van der Waals surface area contributed by atoms with Gasteiger partial charge in [0.2, 0.25) is 0 Å². The van der Waals surface area contributed by atoms with E-state index in [-0.39, 0.29) is 29.5 Å². The van der Waals surface area contributed by atoms with E-state index in [1.807, 2.05) is 76.2 Å². The van der Waals surface area contributed by atoms with E-state index in [4.69, 9.17) is 18.9 Å². The molecule has 4 rings (SSSR count). The number of allylic oxidation sites excluding steroid dienone is 2. The molecule has 0 aliphatic rings. The molecule has 0 heterocycles. The maximum atomic E-state index is 13.1. The topological polar surface area (TPSA) is 139 Å². The van der Waals surface area contributed by atoms with Gasteiger partial charge in [-0.15, -0.1) is 13.2 Å². The molecule has 1 unspecified atom stereocenters. The molecule has 0 aliphatic carbocycles. The summed E-state index contributed by atoms with van der Waals surface area (Å²) in [5, 5.41) is 0. The van der Waals surface area contributed by atoms with Crippen molar-refractivity contribution in [2.45, 2.75) is 125 Å². The number of unbranched alkanes of at least 4 members (excludes halogenated alkanes) is 8. The lowest BCUT2D eigenvalue weighted by Crippen LogP contribution is -2.35. The standard InChI is InChI=1S/C32H42O5.C17H14O3.C12H20O2/c1-6-8-9-10-11-15-24-36-29(34)31(3,4)22-23-32(5,7-2)30(35)37-27-20-18-26(19-21-27)28(33)25-16-13-12-14-17-25;1-12(2)17(19)20-15-10-8-14(9-11-15)16(18)13-6-4-3-5-7-13;1-4-5-6-7-8-9-10-14-12(13)11(2)3/h6,12-14,16-21H,1,7-11,15,22-24H2,2-5H3;3-11H,1H2,2H3;4H,1-2,5-10H2,3H3. The van der Waals surface area contributed by atoms with Crippen molar-refractivity contribution in [1.82, 2.24) is 0 Å². The molecule has 0 N–H and O–H groups in total. The van der Waals surface area contributed by atoms with Crippen LogP contribution in [0.4, 0.5) is 0 Å². The van der Waals surface area contributed by atoms with Gasteiger partial charge in [-0.1, -0.05) is 119 Å². The van der Waals surface area contributed by atoms with Crippen LogP contribution in [0.25, 0.3) is 0 Å². The number of carbonyl (C=O) groups excluding carboxylic acids is 6. The van der Waals surface area contributed by atoms with Crippen molar-refractivity contribution in [3.05, 3.63) is 181 Å². The monoisotopic (exact) mass is 969 g/mol. The largest absolute Gasteiger partial charge is 0.465 e. The van der Waals surface area contributed by atoms with Gasteiger partial charge in [0, 0.05) is 33.4 Å². The molecule has 380 valence electrons. The first kappa shape index (κ1) is 60.2. The van der Waals surface area contributed by atoms with E-state index < -0.39 is 16.8 Å². The quantitative estimate of drug-likeness (QED) is 0.0135. The van der Waals surface area contributed by atoms with Gasteiger partial charge in [0.25, 0.3) is 0 Å². The molecule has 10 nitrogen and oxygen atoms in total. The van der Waals surface area contributed by atoms with Crippen LogP contribution in [0.3, 0.4) is 0 Å². The number of hydrogen-bond acceptors (Lipinski definition) is 10. The molecule has 0 bridgehead atoms. The Morgan fingerprint density at radius 3 is 1.28 bits per heavy atom. The molecule has 0 aliphatic heterocycles. The summed E-state index contributed by atoms with van der Waals surface area (Å²) in [5.41, 5.74) is 1.66. The zero-order valence-corrected chi connectivity index (χ0v) is 43.1. The molecule has 0 aromatic heterocycles.